The summed E-state index contributed by atoms with van der Waals surface area (Å²) in [5.41, 5.74) is 0.430. The number of hydrogen-bond acceptors (Lipinski definition) is 6. The molecule has 7 nitrogen and oxygen atoms in total. The summed E-state index contributed by atoms with van der Waals surface area (Å²) < 4.78 is 42.8. The molecule has 2 aromatic carbocycles. The van der Waals surface area contributed by atoms with Gasteiger partial charge in [-0.15, -0.1) is 0 Å². The highest BCUT2D eigenvalue weighted by molar-refractivity contribution is 7.92. The fraction of sp³-hybridized carbons (Fsp3) is 0.235. The molecule has 1 N–H and O–H groups in total. The molecule has 0 amide bonds. The minimum Gasteiger partial charge on any atom is -0.495 e. The molecule has 26 heavy (non-hydrogen) atoms. The van der Waals surface area contributed by atoms with E-state index in [0.717, 1.165) is 0 Å². The lowest BCUT2D eigenvalue weighted by Gasteiger charge is -2.14. The summed E-state index contributed by atoms with van der Waals surface area (Å²) in [6.45, 7) is 1.92. The van der Waals surface area contributed by atoms with Crippen LogP contribution in [0.25, 0.3) is 0 Å². The van der Waals surface area contributed by atoms with E-state index in [9.17, 15) is 13.2 Å². The molecule has 0 atom stereocenters. The van der Waals surface area contributed by atoms with Gasteiger partial charge in [-0.25, -0.2) is 13.2 Å². The lowest BCUT2D eigenvalue weighted by molar-refractivity contribution is 0.0526. The van der Waals surface area contributed by atoms with Crippen LogP contribution in [0.15, 0.2) is 41.3 Å². The van der Waals surface area contributed by atoms with Gasteiger partial charge in [0.2, 0.25) is 0 Å². The first-order valence-corrected chi connectivity index (χ1v) is 9.40. The number of anilines is 1. The van der Waals surface area contributed by atoms with Crippen LogP contribution in [0, 0.1) is 0 Å². The number of hydrogen-bond donors (Lipinski definition) is 1. The van der Waals surface area contributed by atoms with Gasteiger partial charge in [0.1, 0.15) is 11.5 Å². The van der Waals surface area contributed by atoms with Crippen LogP contribution in [0.3, 0.4) is 0 Å². The average Bonchev–Trinajstić information content (AvgIpc) is 2.63. The molecule has 0 radical (unpaired) electrons. The molecular formula is C17H18ClNO6S. The molecule has 0 heterocycles. The zero-order chi connectivity index (χ0) is 19.3. The molecule has 0 aromatic heterocycles. The Morgan fingerprint density at radius 2 is 1.69 bits per heavy atom. The normalized spacial score (nSPS) is 10.9. The summed E-state index contributed by atoms with van der Waals surface area (Å²) in [4.78, 5) is 11.6. The number of nitrogens with one attached hydrogen (secondary N) is 1. The van der Waals surface area contributed by atoms with E-state index in [1.165, 1.54) is 50.6 Å². The predicted molar refractivity (Wildman–Crippen MR) is 97.8 cm³/mol. The zero-order valence-corrected chi connectivity index (χ0v) is 16.0. The van der Waals surface area contributed by atoms with Crippen molar-refractivity contribution in [3.63, 3.8) is 0 Å². The van der Waals surface area contributed by atoms with E-state index in [1.807, 2.05) is 0 Å². The Bertz CT molecular complexity index is 896. The number of carbonyl (C=O) groups is 1. The molecule has 0 saturated heterocycles. The second-order valence-corrected chi connectivity index (χ2v) is 7.13. The monoisotopic (exact) mass is 399 g/mol. The van der Waals surface area contributed by atoms with Crippen molar-refractivity contribution in [3.8, 4) is 11.5 Å². The van der Waals surface area contributed by atoms with Crippen molar-refractivity contribution in [2.75, 3.05) is 25.5 Å². The van der Waals surface area contributed by atoms with Crippen LogP contribution in [0.5, 0.6) is 11.5 Å². The number of carbonyl (C=O) groups excluding carboxylic acids is 1. The maximum absolute atomic E-state index is 12.6. The number of ether oxygens (including phenoxy) is 3. The van der Waals surface area contributed by atoms with Crippen LogP contribution in [0.2, 0.25) is 5.02 Å². The highest BCUT2D eigenvalue weighted by Gasteiger charge is 2.19. The van der Waals surface area contributed by atoms with Crippen LogP contribution in [0.1, 0.15) is 17.3 Å². The minimum atomic E-state index is -3.92. The van der Waals surface area contributed by atoms with Crippen LogP contribution >= 0.6 is 11.6 Å². The largest absolute Gasteiger partial charge is 0.495 e. The summed E-state index contributed by atoms with van der Waals surface area (Å²) in [6, 6.07) is 8.26. The van der Waals surface area contributed by atoms with E-state index < -0.39 is 16.0 Å². The van der Waals surface area contributed by atoms with Crippen molar-refractivity contribution in [3.05, 3.63) is 47.0 Å². The van der Waals surface area contributed by atoms with Gasteiger partial charge in [-0.3, -0.25) is 4.72 Å². The Morgan fingerprint density at radius 3 is 2.23 bits per heavy atom. The molecule has 140 valence electrons. The van der Waals surface area contributed by atoms with Crippen molar-refractivity contribution in [1.29, 1.82) is 0 Å². The Labute approximate surface area is 156 Å². The van der Waals surface area contributed by atoms with E-state index in [1.54, 1.807) is 6.92 Å². The van der Waals surface area contributed by atoms with Gasteiger partial charge in [0.15, 0.2) is 0 Å². The van der Waals surface area contributed by atoms with Gasteiger partial charge in [0.25, 0.3) is 10.0 Å². The van der Waals surface area contributed by atoms with Crippen molar-refractivity contribution in [1.82, 2.24) is 0 Å². The fourth-order valence-electron chi connectivity index (χ4n) is 2.13. The third kappa shape index (κ3) is 4.39. The fourth-order valence-corrected chi connectivity index (χ4v) is 3.42. The maximum atomic E-state index is 12.6. The van der Waals surface area contributed by atoms with Crippen LogP contribution < -0.4 is 14.2 Å². The molecule has 0 bridgehead atoms. The second-order valence-electron chi connectivity index (χ2n) is 5.04. The van der Waals surface area contributed by atoms with Gasteiger partial charge < -0.3 is 14.2 Å². The van der Waals surface area contributed by atoms with Gasteiger partial charge in [-0.1, -0.05) is 11.6 Å². The molecule has 2 aromatic rings. The number of esters is 1. The first-order chi connectivity index (χ1) is 12.3. The predicted octanol–water partition coefficient (Wildman–Crippen LogP) is 3.33. The third-order valence-electron chi connectivity index (χ3n) is 3.39. The summed E-state index contributed by atoms with van der Waals surface area (Å²) in [5.74, 6) is 0.0128. The maximum Gasteiger partial charge on any atom is 0.338 e. The molecule has 0 saturated carbocycles. The average molecular weight is 400 g/mol. The minimum absolute atomic E-state index is 0.0264. The van der Waals surface area contributed by atoms with Gasteiger partial charge in [0.05, 0.1) is 42.0 Å². The first-order valence-electron chi connectivity index (χ1n) is 7.54. The molecule has 0 unspecified atom stereocenters. The van der Waals surface area contributed by atoms with Gasteiger partial charge >= 0.3 is 5.97 Å². The zero-order valence-electron chi connectivity index (χ0n) is 14.4. The number of methoxy groups -OCH3 is 2. The van der Waals surface area contributed by atoms with Crippen molar-refractivity contribution >= 4 is 33.3 Å². The van der Waals surface area contributed by atoms with Gasteiger partial charge in [0, 0.05) is 12.1 Å². The highest BCUT2D eigenvalue weighted by Crippen LogP contribution is 2.36. The molecule has 2 rings (SSSR count). The first kappa shape index (κ1) is 19.9. The second kappa shape index (κ2) is 8.29. The molecule has 0 spiro atoms. The Morgan fingerprint density at radius 1 is 1.08 bits per heavy atom. The van der Waals surface area contributed by atoms with Crippen LogP contribution in [-0.4, -0.2) is 35.2 Å². The Hall–Kier alpha value is -2.45. The third-order valence-corrected chi connectivity index (χ3v) is 5.07. The quantitative estimate of drug-likeness (QED) is 0.718. The van der Waals surface area contributed by atoms with E-state index in [4.69, 9.17) is 25.8 Å². The molecule has 0 aliphatic heterocycles. The lowest BCUT2D eigenvalue weighted by Crippen LogP contribution is -2.14. The topological polar surface area (TPSA) is 90.9 Å². The van der Waals surface area contributed by atoms with Gasteiger partial charge in [-0.05, 0) is 31.2 Å². The van der Waals surface area contributed by atoms with E-state index in [0.29, 0.717) is 5.75 Å². The smallest absolute Gasteiger partial charge is 0.338 e. The lowest BCUT2D eigenvalue weighted by atomic mass is 10.2. The van der Waals surface area contributed by atoms with Crippen LogP contribution in [-0.2, 0) is 14.8 Å². The highest BCUT2D eigenvalue weighted by atomic mass is 35.5. The van der Waals surface area contributed by atoms with E-state index >= 15 is 0 Å². The number of sulfonamides is 1. The standard InChI is InChI=1S/C17H18ClNO6S/c1-4-25-17(20)11-5-7-12(8-6-11)26(21,22)19-14-10-15(23-2)13(18)9-16(14)24-3/h5-10,19H,4H2,1-3H3. The molecular weight excluding hydrogens is 382 g/mol. The van der Waals surface area contributed by atoms with E-state index in [2.05, 4.69) is 4.72 Å². The molecule has 0 aliphatic rings. The SMILES string of the molecule is CCOC(=O)c1ccc(S(=O)(=O)Nc2cc(OC)c(Cl)cc2OC)cc1. The van der Waals surface area contributed by atoms with Crippen molar-refractivity contribution in [2.45, 2.75) is 11.8 Å². The van der Waals surface area contributed by atoms with Crippen molar-refractivity contribution < 1.29 is 27.4 Å². The summed E-state index contributed by atoms with van der Waals surface area (Å²) >= 11 is 6.02. The number of halogens is 1. The van der Waals surface area contributed by atoms with Crippen LogP contribution in [0.4, 0.5) is 5.69 Å². The summed E-state index contributed by atoms with van der Waals surface area (Å²) in [6.07, 6.45) is 0. The van der Waals surface area contributed by atoms with Crippen molar-refractivity contribution in [2.24, 2.45) is 0 Å². The number of benzene rings is 2. The van der Waals surface area contributed by atoms with E-state index in [-0.39, 0.29) is 33.5 Å². The molecule has 9 heteroatoms. The number of rotatable bonds is 7. The molecule has 0 fully saturated rings. The Kier molecular flexibility index (Phi) is 6.33. The van der Waals surface area contributed by atoms with Gasteiger partial charge in [-0.2, -0.15) is 0 Å². The summed E-state index contributed by atoms with van der Waals surface area (Å²) in [7, 11) is -1.11. The Balaban J connectivity index is 2.33. The molecule has 0 aliphatic carbocycles. The summed E-state index contributed by atoms with van der Waals surface area (Å²) in [5, 5.41) is 0.283.